The Morgan fingerprint density at radius 2 is 1.95 bits per heavy atom. The highest BCUT2D eigenvalue weighted by molar-refractivity contribution is 7.89. The van der Waals surface area contributed by atoms with E-state index in [2.05, 4.69) is 9.88 Å². The maximum Gasteiger partial charge on any atom is 0.244 e. The summed E-state index contributed by atoms with van der Waals surface area (Å²) >= 11 is 2.82. The highest BCUT2D eigenvalue weighted by Crippen LogP contribution is 2.27. The van der Waals surface area contributed by atoms with Gasteiger partial charge in [-0.2, -0.15) is 4.31 Å². The van der Waals surface area contributed by atoms with Crippen LogP contribution in [0.25, 0.3) is 0 Å². The van der Waals surface area contributed by atoms with Crippen molar-refractivity contribution < 1.29 is 13.5 Å². The van der Waals surface area contributed by atoms with Gasteiger partial charge >= 0.3 is 0 Å². The summed E-state index contributed by atoms with van der Waals surface area (Å²) in [6, 6.07) is 1.57. The fourth-order valence-electron chi connectivity index (χ4n) is 2.30. The number of aliphatic hydroxyl groups is 1. The van der Waals surface area contributed by atoms with Crippen LogP contribution in [0.4, 0.5) is 5.13 Å². The molecule has 0 radical (unpaired) electrons. The number of piperazine rings is 1. The van der Waals surface area contributed by atoms with Gasteiger partial charge in [0.25, 0.3) is 0 Å². The van der Waals surface area contributed by atoms with Crippen molar-refractivity contribution in [3.05, 3.63) is 27.9 Å². The van der Waals surface area contributed by atoms with Crippen molar-refractivity contribution >= 4 is 37.8 Å². The van der Waals surface area contributed by atoms with E-state index in [9.17, 15) is 13.5 Å². The van der Waals surface area contributed by atoms with Crippen LogP contribution in [0.5, 0.6) is 0 Å². The Bertz CT molecular complexity index is 688. The van der Waals surface area contributed by atoms with E-state index in [1.165, 1.54) is 15.6 Å². The van der Waals surface area contributed by atoms with Crippen LogP contribution < -0.4 is 4.90 Å². The minimum Gasteiger partial charge on any atom is -0.391 e. The second kappa shape index (κ2) is 6.01. The molecule has 21 heavy (non-hydrogen) atoms. The first-order chi connectivity index (χ1) is 10.1. The Morgan fingerprint density at radius 1 is 1.19 bits per heavy atom. The highest BCUT2D eigenvalue weighted by Gasteiger charge is 2.31. The Labute approximate surface area is 131 Å². The lowest BCUT2D eigenvalue weighted by atomic mass is 10.4. The largest absolute Gasteiger partial charge is 0.391 e. The number of thiophene rings is 1. The zero-order chi connectivity index (χ0) is 14.9. The first kappa shape index (κ1) is 14.9. The van der Waals surface area contributed by atoms with Gasteiger partial charge in [0.1, 0.15) is 0 Å². The smallest absolute Gasteiger partial charge is 0.244 e. The maximum absolute atomic E-state index is 12.6. The molecule has 6 nitrogen and oxygen atoms in total. The fraction of sp³-hybridized carbons (Fsp3) is 0.417. The number of sulfonamides is 1. The molecule has 3 rings (SSSR count). The van der Waals surface area contributed by atoms with Gasteiger partial charge in [-0.3, -0.25) is 0 Å². The predicted octanol–water partition coefficient (Wildman–Crippen LogP) is 1.21. The number of hydrogen-bond donors (Lipinski definition) is 1. The van der Waals surface area contributed by atoms with E-state index in [0.717, 1.165) is 5.13 Å². The third kappa shape index (κ3) is 2.84. The predicted molar refractivity (Wildman–Crippen MR) is 83.3 cm³/mol. The van der Waals surface area contributed by atoms with Crippen molar-refractivity contribution in [2.24, 2.45) is 0 Å². The van der Waals surface area contributed by atoms with E-state index >= 15 is 0 Å². The Kier molecular flexibility index (Phi) is 4.27. The molecule has 1 saturated heterocycles. The molecule has 2 aromatic rings. The quantitative estimate of drug-likeness (QED) is 0.902. The van der Waals surface area contributed by atoms with Gasteiger partial charge in [-0.15, -0.1) is 22.7 Å². The molecule has 3 heterocycles. The second-order valence-electron chi connectivity index (χ2n) is 4.57. The topological polar surface area (TPSA) is 73.7 Å². The van der Waals surface area contributed by atoms with E-state index < -0.39 is 10.0 Å². The molecular formula is C12H15N3O3S3. The van der Waals surface area contributed by atoms with Gasteiger partial charge in [-0.05, 0) is 11.4 Å². The van der Waals surface area contributed by atoms with Crippen molar-refractivity contribution in [1.82, 2.24) is 9.29 Å². The molecule has 1 fully saturated rings. The number of rotatable bonds is 4. The van der Waals surface area contributed by atoms with Crippen LogP contribution in [-0.2, 0) is 16.6 Å². The molecular weight excluding hydrogens is 330 g/mol. The fourth-order valence-corrected chi connectivity index (χ4v) is 5.69. The van der Waals surface area contributed by atoms with E-state index in [4.69, 9.17) is 0 Å². The van der Waals surface area contributed by atoms with Crippen LogP contribution in [0.2, 0.25) is 0 Å². The third-order valence-electron chi connectivity index (χ3n) is 3.39. The summed E-state index contributed by atoms with van der Waals surface area (Å²) in [5.41, 5.74) is 0. The molecule has 1 N–H and O–H groups in total. The summed E-state index contributed by atoms with van der Waals surface area (Å²) in [5.74, 6) is 0. The van der Waals surface area contributed by atoms with E-state index in [0.29, 0.717) is 31.1 Å². The molecule has 1 aliphatic heterocycles. The molecule has 0 spiro atoms. The van der Waals surface area contributed by atoms with E-state index in [1.54, 1.807) is 29.0 Å². The average molecular weight is 345 g/mol. The molecule has 0 saturated carbocycles. The molecule has 0 aromatic carbocycles. The lowest BCUT2D eigenvalue weighted by Crippen LogP contribution is -2.48. The zero-order valence-corrected chi connectivity index (χ0v) is 13.6. The van der Waals surface area contributed by atoms with Crippen molar-refractivity contribution in [2.45, 2.75) is 11.5 Å². The average Bonchev–Trinajstić information content (AvgIpc) is 3.18. The molecule has 0 bridgehead atoms. The Balaban J connectivity index is 1.74. The van der Waals surface area contributed by atoms with Gasteiger partial charge in [0.2, 0.25) is 10.0 Å². The molecule has 9 heteroatoms. The Hall–Kier alpha value is -1.00. The summed E-state index contributed by atoms with van der Waals surface area (Å²) in [5, 5.41) is 13.8. The second-order valence-corrected chi connectivity index (χ2v) is 8.35. The lowest BCUT2D eigenvalue weighted by molar-refractivity contribution is 0.282. The minimum atomic E-state index is -3.51. The lowest BCUT2D eigenvalue weighted by Gasteiger charge is -2.33. The molecule has 0 unspecified atom stereocenters. The molecule has 1 aliphatic rings. The summed E-state index contributed by atoms with van der Waals surface area (Å²) in [6.45, 7) is 1.88. The van der Waals surface area contributed by atoms with E-state index in [1.807, 2.05) is 5.38 Å². The van der Waals surface area contributed by atoms with Crippen LogP contribution in [0.15, 0.2) is 27.9 Å². The molecule has 0 atom stereocenters. The Morgan fingerprint density at radius 3 is 2.57 bits per heavy atom. The number of thiazole rings is 1. The number of aromatic nitrogens is 1. The third-order valence-corrected chi connectivity index (χ3v) is 7.24. The van der Waals surface area contributed by atoms with Crippen LogP contribution >= 0.6 is 22.7 Å². The van der Waals surface area contributed by atoms with Crippen molar-refractivity contribution in [3.8, 4) is 0 Å². The number of nitrogens with zero attached hydrogens (tertiary/aromatic N) is 3. The standard InChI is InChI=1S/C12H15N3O3S3/c16-9-10-11(1-7-19-10)21(17,18)15-5-3-14(4-6-15)12-13-2-8-20-12/h1-2,7-8,16H,3-6,9H2. The van der Waals surface area contributed by atoms with Gasteiger partial charge in [0.15, 0.2) is 5.13 Å². The van der Waals surface area contributed by atoms with Gasteiger partial charge in [-0.1, -0.05) is 0 Å². The highest BCUT2D eigenvalue weighted by atomic mass is 32.2. The van der Waals surface area contributed by atoms with E-state index in [-0.39, 0.29) is 11.5 Å². The molecule has 0 amide bonds. The normalized spacial score (nSPS) is 17.3. The van der Waals surface area contributed by atoms with Crippen LogP contribution in [0.3, 0.4) is 0 Å². The number of anilines is 1. The summed E-state index contributed by atoms with van der Waals surface area (Å²) in [4.78, 5) is 7.08. The first-order valence-corrected chi connectivity index (χ1v) is 9.64. The number of hydrogen-bond acceptors (Lipinski definition) is 7. The SMILES string of the molecule is O=S(=O)(c1ccsc1CO)N1CCN(c2nccs2)CC1. The first-order valence-electron chi connectivity index (χ1n) is 6.45. The van der Waals surface area contributed by atoms with Gasteiger partial charge in [0.05, 0.1) is 11.5 Å². The van der Waals surface area contributed by atoms with Gasteiger partial charge < -0.3 is 10.0 Å². The minimum absolute atomic E-state index is 0.234. The summed E-state index contributed by atoms with van der Waals surface area (Å²) in [7, 11) is -3.51. The summed E-state index contributed by atoms with van der Waals surface area (Å²) in [6.07, 6.45) is 1.75. The monoisotopic (exact) mass is 345 g/mol. The zero-order valence-electron chi connectivity index (χ0n) is 11.2. The van der Waals surface area contributed by atoms with Gasteiger partial charge in [-0.25, -0.2) is 13.4 Å². The van der Waals surface area contributed by atoms with Crippen LogP contribution in [-0.4, -0.2) is 49.0 Å². The van der Waals surface area contributed by atoms with Gasteiger partial charge in [0, 0.05) is 42.6 Å². The van der Waals surface area contributed by atoms with Crippen LogP contribution in [0, 0.1) is 0 Å². The summed E-state index contributed by atoms with van der Waals surface area (Å²) < 4.78 is 26.7. The molecule has 2 aromatic heterocycles. The molecule has 0 aliphatic carbocycles. The van der Waals surface area contributed by atoms with Crippen molar-refractivity contribution in [1.29, 1.82) is 0 Å². The van der Waals surface area contributed by atoms with Crippen molar-refractivity contribution in [2.75, 3.05) is 31.1 Å². The molecule has 114 valence electrons. The number of aliphatic hydroxyl groups excluding tert-OH is 1. The van der Waals surface area contributed by atoms with Crippen molar-refractivity contribution in [3.63, 3.8) is 0 Å². The maximum atomic E-state index is 12.6. The van der Waals surface area contributed by atoms with Crippen LogP contribution in [0.1, 0.15) is 4.88 Å².